The maximum absolute atomic E-state index is 14.3. The number of hydrogen-bond acceptors (Lipinski definition) is 4. The van der Waals surface area contributed by atoms with Crippen molar-refractivity contribution in [3.63, 3.8) is 0 Å². The molecule has 0 saturated carbocycles. The second-order valence-electron chi connectivity index (χ2n) is 10.5. The van der Waals surface area contributed by atoms with Crippen LogP contribution >= 0.6 is 11.3 Å². The largest absolute Gasteiger partial charge is 0.368 e. The van der Waals surface area contributed by atoms with E-state index < -0.39 is 5.92 Å². The molecule has 0 aliphatic carbocycles. The fourth-order valence-electron chi connectivity index (χ4n) is 5.65. The Morgan fingerprint density at radius 1 is 1.00 bits per heavy atom. The molecule has 2 atom stereocenters. The fourth-order valence-corrected chi connectivity index (χ4v) is 6.53. The molecule has 0 spiro atoms. The van der Waals surface area contributed by atoms with Crippen LogP contribution in [0.25, 0.3) is 0 Å². The van der Waals surface area contributed by atoms with Crippen molar-refractivity contribution in [1.82, 2.24) is 9.80 Å². The van der Waals surface area contributed by atoms with E-state index in [9.17, 15) is 9.59 Å². The first kappa shape index (κ1) is 24.6. The number of piperazine rings is 1. The van der Waals surface area contributed by atoms with Gasteiger partial charge in [-0.3, -0.25) is 9.59 Å². The van der Waals surface area contributed by atoms with Crippen LogP contribution in [-0.4, -0.2) is 54.3 Å². The number of anilines is 1. The van der Waals surface area contributed by atoms with E-state index in [0.29, 0.717) is 31.1 Å². The first-order valence-corrected chi connectivity index (χ1v) is 13.8. The van der Waals surface area contributed by atoms with Gasteiger partial charge in [0.15, 0.2) is 0 Å². The average molecular weight is 502 g/mol. The number of amides is 2. The van der Waals surface area contributed by atoms with Gasteiger partial charge in [0.1, 0.15) is 0 Å². The summed E-state index contributed by atoms with van der Waals surface area (Å²) in [5, 5.41) is 2.04. The molecule has 5 rings (SSSR count). The third-order valence-electron chi connectivity index (χ3n) is 7.40. The molecule has 0 radical (unpaired) electrons. The molecule has 0 bridgehead atoms. The van der Waals surface area contributed by atoms with E-state index in [-0.39, 0.29) is 17.9 Å². The summed E-state index contributed by atoms with van der Waals surface area (Å²) in [5.74, 6) is 0.0614. The lowest BCUT2D eigenvalue weighted by Gasteiger charge is -2.45. The summed E-state index contributed by atoms with van der Waals surface area (Å²) in [4.78, 5) is 35.4. The van der Waals surface area contributed by atoms with E-state index >= 15 is 0 Å². The number of hydrogen-bond donors (Lipinski definition) is 0. The molecule has 6 heteroatoms. The third-order valence-corrected chi connectivity index (χ3v) is 8.34. The number of aryl methyl sites for hydroxylation is 2. The molecule has 5 nitrogen and oxygen atoms in total. The van der Waals surface area contributed by atoms with Crippen LogP contribution in [0.5, 0.6) is 0 Å². The zero-order chi connectivity index (χ0) is 25.4. The van der Waals surface area contributed by atoms with Crippen molar-refractivity contribution in [3.8, 4) is 0 Å². The topological polar surface area (TPSA) is 43.9 Å². The van der Waals surface area contributed by atoms with Gasteiger partial charge >= 0.3 is 0 Å². The molecule has 1 saturated heterocycles. The second kappa shape index (κ2) is 10.1. The van der Waals surface area contributed by atoms with Gasteiger partial charge in [-0.1, -0.05) is 50.2 Å². The zero-order valence-electron chi connectivity index (χ0n) is 21.6. The van der Waals surface area contributed by atoms with Crippen LogP contribution in [0.4, 0.5) is 5.69 Å². The minimum atomic E-state index is -0.399. The van der Waals surface area contributed by atoms with Crippen molar-refractivity contribution in [2.45, 2.75) is 39.7 Å². The first-order chi connectivity index (χ1) is 17.3. The van der Waals surface area contributed by atoms with Crippen LogP contribution < -0.4 is 4.90 Å². The molecule has 1 aromatic heterocycles. The molecule has 2 aliphatic heterocycles. The van der Waals surface area contributed by atoms with Gasteiger partial charge in [-0.25, -0.2) is 0 Å². The van der Waals surface area contributed by atoms with Gasteiger partial charge in [0.2, 0.25) is 5.91 Å². The Labute approximate surface area is 218 Å². The lowest BCUT2D eigenvalue weighted by atomic mass is 9.80. The molecule has 1 fully saturated rings. The average Bonchev–Trinajstić information content (AvgIpc) is 3.41. The Balaban J connectivity index is 1.47. The molecule has 188 valence electrons. The second-order valence-corrected chi connectivity index (χ2v) is 11.5. The number of thiophene rings is 1. The summed E-state index contributed by atoms with van der Waals surface area (Å²) < 4.78 is 0. The van der Waals surface area contributed by atoms with E-state index in [1.165, 1.54) is 16.8 Å². The van der Waals surface area contributed by atoms with Crippen molar-refractivity contribution in [1.29, 1.82) is 0 Å². The number of nitrogens with zero attached hydrogens (tertiary/aromatic N) is 3. The van der Waals surface area contributed by atoms with Crippen molar-refractivity contribution in [3.05, 3.63) is 87.1 Å². The van der Waals surface area contributed by atoms with Crippen LogP contribution in [0.15, 0.2) is 60.0 Å². The van der Waals surface area contributed by atoms with Crippen LogP contribution in [0, 0.1) is 19.8 Å². The van der Waals surface area contributed by atoms with Crippen molar-refractivity contribution in [2.24, 2.45) is 5.92 Å². The Bertz CT molecular complexity index is 1240. The maximum atomic E-state index is 14.3. The van der Waals surface area contributed by atoms with E-state index in [2.05, 4.69) is 56.9 Å². The predicted octanol–water partition coefficient (Wildman–Crippen LogP) is 5.65. The minimum absolute atomic E-state index is 0.0292. The fraction of sp³-hybridized carbons (Fsp3) is 0.400. The molecular formula is C30H35N3O2S. The van der Waals surface area contributed by atoms with Gasteiger partial charge in [-0.15, -0.1) is 11.3 Å². The lowest BCUT2D eigenvalue weighted by molar-refractivity contribution is -0.135. The van der Waals surface area contributed by atoms with Gasteiger partial charge in [0, 0.05) is 48.9 Å². The highest BCUT2D eigenvalue weighted by atomic mass is 32.1. The van der Waals surface area contributed by atoms with E-state index in [1.807, 2.05) is 45.5 Å². The summed E-state index contributed by atoms with van der Waals surface area (Å²) in [7, 11) is 0. The molecule has 2 aliphatic rings. The zero-order valence-corrected chi connectivity index (χ0v) is 22.4. The quantitative estimate of drug-likeness (QED) is 0.454. The van der Waals surface area contributed by atoms with Gasteiger partial charge in [0.05, 0.1) is 12.0 Å². The highest BCUT2D eigenvalue weighted by Gasteiger charge is 2.46. The monoisotopic (exact) mass is 501 g/mol. The molecule has 2 amide bonds. The molecule has 36 heavy (non-hydrogen) atoms. The SMILES string of the molecule is Cc1ccc(C)c(N2CCN(C(=O)[C@@H]3c4ccccc4C(=O)N(CC(C)C)[C@H]3c3cccs3)CC2)c1. The Kier molecular flexibility index (Phi) is 6.89. The molecule has 3 heterocycles. The maximum Gasteiger partial charge on any atom is 0.254 e. The van der Waals surface area contributed by atoms with Crippen LogP contribution in [0.2, 0.25) is 0 Å². The van der Waals surface area contributed by atoms with Crippen LogP contribution in [-0.2, 0) is 4.79 Å². The first-order valence-electron chi connectivity index (χ1n) is 12.9. The lowest BCUT2D eigenvalue weighted by Crippen LogP contribution is -2.53. The molecule has 2 aromatic carbocycles. The molecule has 0 N–H and O–H groups in total. The number of benzene rings is 2. The molecular weight excluding hydrogens is 466 g/mol. The summed E-state index contributed by atoms with van der Waals surface area (Å²) in [5.41, 5.74) is 5.31. The summed E-state index contributed by atoms with van der Waals surface area (Å²) in [6, 6.07) is 18.1. The Hall–Kier alpha value is -3.12. The minimum Gasteiger partial charge on any atom is -0.368 e. The predicted molar refractivity (Wildman–Crippen MR) is 147 cm³/mol. The van der Waals surface area contributed by atoms with E-state index in [4.69, 9.17) is 0 Å². The van der Waals surface area contributed by atoms with Gasteiger partial charge in [-0.05, 0) is 60.0 Å². The van der Waals surface area contributed by atoms with Crippen molar-refractivity contribution >= 4 is 28.8 Å². The van der Waals surface area contributed by atoms with Gasteiger partial charge < -0.3 is 14.7 Å². The van der Waals surface area contributed by atoms with E-state index in [1.54, 1.807) is 11.3 Å². The highest BCUT2D eigenvalue weighted by Crippen LogP contribution is 2.45. The third kappa shape index (κ3) is 4.55. The van der Waals surface area contributed by atoms with Gasteiger partial charge in [-0.2, -0.15) is 0 Å². The summed E-state index contributed by atoms with van der Waals surface area (Å²) in [6.07, 6.45) is 0. The van der Waals surface area contributed by atoms with Crippen molar-refractivity contribution < 1.29 is 9.59 Å². The summed E-state index contributed by atoms with van der Waals surface area (Å²) in [6.45, 7) is 12.1. The Morgan fingerprint density at radius 3 is 2.44 bits per heavy atom. The highest BCUT2D eigenvalue weighted by molar-refractivity contribution is 7.10. The smallest absolute Gasteiger partial charge is 0.254 e. The van der Waals surface area contributed by atoms with Crippen LogP contribution in [0.3, 0.4) is 0 Å². The molecule has 3 aromatic rings. The summed E-state index contributed by atoms with van der Waals surface area (Å²) >= 11 is 1.63. The number of carbonyl (C=O) groups is 2. The Morgan fingerprint density at radius 2 is 1.75 bits per heavy atom. The normalized spacial score (nSPS) is 20.1. The van der Waals surface area contributed by atoms with Crippen LogP contribution in [0.1, 0.15) is 57.7 Å². The number of carbonyl (C=O) groups excluding carboxylic acids is 2. The standard InChI is InChI=1S/C30H35N3O2S/c1-20(2)19-33-28(26-10-7-17-36-26)27(23-8-5-6-9-24(23)29(33)34)30(35)32-15-13-31(14-16-32)25-18-21(3)11-12-22(25)4/h5-12,17-18,20,27-28H,13-16,19H2,1-4H3/t27-,28+/m1/s1. The van der Waals surface area contributed by atoms with Gasteiger partial charge in [0.25, 0.3) is 5.91 Å². The van der Waals surface area contributed by atoms with E-state index in [0.717, 1.165) is 23.5 Å². The number of fused-ring (bicyclic) bond motifs is 1. The van der Waals surface area contributed by atoms with Crippen molar-refractivity contribution in [2.75, 3.05) is 37.6 Å². The number of rotatable bonds is 5. The molecule has 0 unspecified atom stereocenters.